The number of nitrogens with zero attached hydrogens (tertiary/aromatic N) is 3. The zero-order valence-corrected chi connectivity index (χ0v) is 19.1. The van der Waals surface area contributed by atoms with Crippen LogP contribution in [0, 0.1) is 11.8 Å². The highest BCUT2D eigenvalue weighted by molar-refractivity contribution is 5.95. The molecule has 0 N–H and O–H groups in total. The number of rotatable bonds is 9. The molecular weight excluding hydrogens is 386 g/mol. The summed E-state index contributed by atoms with van der Waals surface area (Å²) in [5.74, 6) is 3.22. The standard InChI is InChI=1S/C26H33N3O2/c1-5-31-22-11-8-19(9-12-22)15-25-27-23-16-21(28(4)26(30)14-18(2)3)10-13-24(23)29(25)17-20-6-7-20/h8-13,16,18,20H,5-7,14-15,17H2,1-4H3. The molecule has 1 saturated carbocycles. The van der Waals surface area contributed by atoms with E-state index in [-0.39, 0.29) is 5.91 Å². The number of ether oxygens (including phenoxy) is 1. The van der Waals surface area contributed by atoms with Crippen molar-refractivity contribution in [2.75, 3.05) is 18.6 Å². The Labute approximate surface area is 185 Å². The Hall–Kier alpha value is -2.82. The summed E-state index contributed by atoms with van der Waals surface area (Å²) < 4.78 is 7.95. The first-order chi connectivity index (χ1) is 14.9. The van der Waals surface area contributed by atoms with Crippen LogP contribution >= 0.6 is 0 Å². The van der Waals surface area contributed by atoms with Crippen molar-refractivity contribution in [3.8, 4) is 5.75 Å². The first kappa shape index (κ1) is 21.4. The molecule has 0 bridgehead atoms. The number of hydrogen-bond acceptors (Lipinski definition) is 3. The molecule has 164 valence electrons. The van der Waals surface area contributed by atoms with Crippen molar-refractivity contribution in [1.82, 2.24) is 9.55 Å². The highest BCUT2D eigenvalue weighted by atomic mass is 16.5. The third-order valence-corrected chi connectivity index (χ3v) is 5.89. The molecular formula is C26H33N3O2. The van der Waals surface area contributed by atoms with E-state index in [0.29, 0.717) is 18.9 Å². The van der Waals surface area contributed by atoms with Crippen molar-refractivity contribution < 1.29 is 9.53 Å². The SMILES string of the molecule is CCOc1ccc(Cc2nc3cc(N(C)C(=O)CC(C)C)ccc3n2CC2CC2)cc1. The van der Waals surface area contributed by atoms with Crippen LogP contribution in [-0.2, 0) is 17.8 Å². The first-order valence-corrected chi connectivity index (χ1v) is 11.4. The van der Waals surface area contributed by atoms with Gasteiger partial charge < -0.3 is 14.2 Å². The Kier molecular flexibility index (Phi) is 6.30. The molecule has 1 aliphatic carbocycles. The zero-order valence-electron chi connectivity index (χ0n) is 19.1. The largest absolute Gasteiger partial charge is 0.494 e. The van der Waals surface area contributed by atoms with Gasteiger partial charge in [-0.05, 0) is 67.5 Å². The number of hydrogen-bond donors (Lipinski definition) is 0. The molecule has 1 amide bonds. The Morgan fingerprint density at radius 1 is 1.19 bits per heavy atom. The molecule has 0 spiro atoms. The molecule has 1 heterocycles. The topological polar surface area (TPSA) is 47.4 Å². The summed E-state index contributed by atoms with van der Waals surface area (Å²) in [6, 6.07) is 14.5. The van der Waals surface area contributed by atoms with E-state index < -0.39 is 0 Å². The minimum atomic E-state index is 0.140. The Morgan fingerprint density at radius 3 is 2.58 bits per heavy atom. The lowest BCUT2D eigenvalue weighted by Crippen LogP contribution is -2.27. The van der Waals surface area contributed by atoms with E-state index >= 15 is 0 Å². The monoisotopic (exact) mass is 419 g/mol. The lowest BCUT2D eigenvalue weighted by atomic mass is 10.1. The van der Waals surface area contributed by atoms with Gasteiger partial charge in [-0.2, -0.15) is 0 Å². The van der Waals surface area contributed by atoms with Crippen molar-refractivity contribution in [3.05, 3.63) is 53.9 Å². The molecule has 5 nitrogen and oxygen atoms in total. The summed E-state index contributed by atoms with van der Waals surface area (Å²) in [5.41, 5.74) is 4.24. The molecule has 3 aromatic rings. The average molecular weight is 420 g/mol. The van der Waals surface area contributed by atoms with E-state index in [1.54, 1.807) is 4.90 Å². The minimum absolute atomic E-state index is 0.140. The Morgan fingerprint density at radius 2 is 1.94 bits per heavy atom. The number of imidazole rings is 1. The van der Waals surface area contributed by atoms with Crippen LogP contribution < -0.4 is 9.64 Å². The molecule has 0 atom stereocenters. The van der Waals surface area contributed by atoms with Crippen LogP contribution in [-0.4, -0.2) is 29.1 Å². The summed E-state index contributed by atoms with van der Waals surface area (Å²) in [4.78, 5) is 19.3. The number of amides is 1. The third-order valence-electron chi connectivity index (χ3n) is 5.89. The van der Waals surface area contributed by atoms with Gasteiger partial charge in [0.1, 0.15) is 11.6 Å². The molecule has 5 heteroatoms. The van der Waals surface area contributed by atoms with Crippen molar-refractivity contribution in [2.45, 2.75) is 53.0 Å². The summed E-state index contributed by atoms with van der Waals surface area (Å²) in [6.07, 6.45) is 3.93. The number of carbonyl (C=O) groups is 1. The molecule has 2 aromatic carbocycles. The van der Waals surface area contributed by atoms with E-state index in [9.17, 15) is 4.79 Å². The number of aromatic nitrogens is 2. The average Bonchev–Trinajstić information content (AvgIpc) is 3.50. The number of fused-ring (bicyclic) bond motifs is 1. The van der Waals surface area contributed by atoms with Crippen LogP contribution in [0.2, 0.25) is 0 Å². The second-order valence-electron chi connectivity index (χ2n) is 9.06. The fourth-order valence-electron chi connectivity index (χ4n) is 3.96. The number of carbonyl (C=O) groups excluding carboxylic acids is 1. The molecule has 0 radical (unpaired) electrons. The normalized spacial score (nSPS) is 13.7. The van der Waals surface area contributed by atoms with E-state index in [1.165, 1.54) is 18.4 Å². The molecule has 1 aromatic heterocycles. The molecule has 1 aliphatic rings. The predicted molar refractivity (Wildman–Crippen MR) is 126 cm³/mol. The summed E-state index contributed by atoms with van der Waals surface area (Å²) in [5, 5.41) is 0. The van der Waals surface area contributed by atoms with Gasteiger partial charge in [-0.15, -0.1) is 0 Å². The third kappa shape index (κ3) is 5.09. The van der Waals surface area contributed by atoms with Crippen molar-refractivity contribution in [3.63, 3.8) is 0 Å². The molecule has 0 unspecified atom stereocenters. The first-order valence-electron chi connectivity index (χ1n) is 11.4. The number of benzene rings is 2. The van der Waals surface area contributed by atoms with Crippen LogP contribution in [0.1, 0.15) is 51.4 Å². The van der Waals surface area contributed by atoms with Crippen molar-refractivity contribution in [2.24, 2.45) is 11.8 Å². The maximum absolute atomic E-state index is 12.5. The van der Waals surface area contributed by atoms with E-state index in [4.69, 9.17) is 9.72 Å². The van der Waals surface area contributed by atoms with Crippen LogP contribution in [0.4, 0.5) is 5.69 Å². The smallest absolute Gasteiger partial charge is 0.226 e. The molecule has 0 saturated heterocycles. The fraction of sp³-hybridized carbons (Fsp3) is 0.462. The van der Waals surface area contributed by atoms with Crippen LogP contribution in [0.15, 0.2) is 42.5 Å². The Balaban J connectivity index is 1.63. The van der Waals surface area contributed by atoms with Crippen molar-refractivity contribution in [1.29, 1.82) is 0 Å². The van der Waals surface area contributed by atoms with Gasteiger partial charge in [0.2, 0.25) is 5.91 Å². The Bertz CT molecular complexity index is 1050. The highest BCUT2D eigenvalue weighted by Crippen LogP contribution is 2.33. The highest BCUT2D eigenvalue weighted by Gasteiger charge is 2.24. The van der Waals surface area contributed by atoms with Gasteiger partial charge in [-0.3, -0.25) is 4.79 Å². The van der Waals surface area contributed by atoms with Gasteiger partial charge >= 0.3 is 0 Å². The maximum atomic E-state index is 12.5. The van der Waals surface area contributed by atoms with E-state index in [2.05, 4.69) is 42.7 Å². The van der Waals surface area contributed by atoms with Gasteiger partial charge in [0, 0.05) is 32.1 Å². The van der Waals surface area contributed by atoms with E-state index in [1.807, 2.05) is 32.2 Å². The second kappa shape index (κ2) is 9.13. The molecule has 1 fully saturated rings. The van der Waals surface area contributed by atoms with Crippen LogP contribution in [0.25, 0.3) is 11.0 Å². The van der Waals surface area contributed by atoms with E-state index in [0.717, 1.165) is 47.2 Å². The minimum Gasteiger partial charge on any atom is -0.494 e. The quantitative estimate of drug-likeness (QED) is 0.464. The lowest BCUT2D eigenvalue weighted by molar-refractivity contribution is -0.119. The summed E-state index contributed by atoms with van der Waals surface area (Å²) in [7, 11) is 1.86. The maximum Gasteiger partial charge on any atom is 0.226 e. The molecule has 4 rings (SSSR count). The van der Waals surface area contributed by atoms with Gasteiger partial charge in [0.15, 0.2) is 0 Å². The van der Waals surface area contributed by atoms with Gasteiger partial charge in [-0.1, -0.05) is 26.0 Å². The van der Waals surface area contributed by atoms with Crippen LogP contribution in [0.3, 0.4) is 0 Å². The summed E-state index contributed by atoms with van der Waals surface area (Å²) in [6.45, 7) is 7.83. The molecule has 31 heavy (non-hydrogen) atoms. The lowest BCUT2D eigenvalue weighted by Gasteiger charge is -2.18. The molecule has 0 aliphatic heterocycles. The number of anilines is 1. The second-order valence-corrected chi connectivity index (χ2v) is 9.06. The summed E-state index contributed by atoms with van der Waals surface area (Å²) >= 11 is 0. The van der Waals surface area contributed by atoms with Gasteiger partial charge in [0.25, 0.3) is 0 Å². The van der Waals surface area contributed by atoms with Gasteiger partial charge in [-0.25, -0.2) is 4.98 Å². The predicted octanol–water partition coefficient (Wildman–Crippen LogP) is 5.44. The van der Waals surface area contributed by atoms with Crippen LogP contribution in [0.5, 0.6) is 5.75 Å². The fourth-order valence-corrected chi connectivity index (χ4v) is 3.96. The van der Waals surface area contributed by atoms with Gasteiger partial charge in [0.05, 0.1) is 17.6 Å². The zero-order chi connectivity index (χ0) is 22.0. The van der Waals surface area contributed by atoms with Crippen molar-refractivity contribution >= 4 is 22.6 Å².